The van der Waals surface area contributed by atoms with E-state index in [-0.39, 0.29) is 17.0 Å². The Bertz CT molecular complexity index is 1480. The Hall–Kier alpha value is -3.88. The molecule has 0 radical (unpaired) electrons. The normalized spacial score (nSPS) is 11.2. The van der Waals surface area contributed by atoms with Crippen LogP contribution in [0, 0.1) is 17.0 Å². The van der Waals surface area contributed by atoms with Gasteiger partial charge in [0, 0.05) is 40.8 Å². The summed E-state index contributed by atoms with van der Waals surface area (Å²) in [5.41, 5.74) is 5.96. The van der Waals surface area contributed by atoms with Crippen LogP contribution in [0.25, 0.3) is 10.9 Å². The number of fused-ring (bicyclic) bond motifs is 1. The van der Waals surface area contributed by atoms with Gasteiger partial charge in [-0.1, -0.05) is 47.5 Å². The minimum absolute atomic E-state index is 0.0117. The Morgan fingerprint density at radius 3 is 2.63 bits per heavy atom. The molecule has 0 spiro atoms. The van der Waals surface area contributed by atoms with Crippen molar-refractivity contribution in [1.29, 1.82) is 0 Å². The standard InChI is InChI=1S/C25H20Cl2N4O4/c1-15-20(13-28-29-25(32)19-12-17(31(33)34)8-10-24(19)35-2)18-5-3-4-6-23(18)30(15)14-16-7-9-21(26)22(27)11-16/h3-13H,14H2,1-2H3,(H,29,32)/b28-13-. The molecule has 0 saturated heterocycles. The molecule has 1 N–H and O–H groups in total. The molecule has 1 aromatic heterocycles. The van der Waals surface area contributed by atoms with Gasteiger partial charge < -0.3 is 9.30 Å². The number of para-hydroxylation sites is 1. The maximum Gasteiger partial charge on any atom is 0.275 e. The van der Waals surface area contributed by atoms with Gasteiger partial charge in [-0.25, -0.2) is 5.43 Å². The minimum atomic E-state index is -0.626. The molecule has 10 heteroatoms. The first kappa shape index (κ1) is 24.3. The molecule has 0 fully saturated rings. The summed E-state index contributed by atoms with van der Waals surface area (Å²) in [5.74, 6) is -0.420. The predicted molar refractivity (Wildman–Crippen MR) is 137 cm³/mol. The van der Waals surface area contributed by atoms with Crippen molar-refractivity contribution >= 4 is 51.9 Å². The first-order valence-corrected chi connectivity index (χ1v) is 11.2. The molecular formula is C25H20Cl2N4O4. The van der Waals surface area contributed by atoms with Crippen LogP contribution in [0.15, 0.2) is 65.8 Å². The van der Waals surface area contributed by atoms with E-state index in [1.165, 1.54) is 19.2 Å². The summed E-state index contributed by atoms with van der Waals surface area (Å²) >= 11 is 12.2. The average molecular weight is 511 g/mol. The van der Waals surface area contributed by atoms with Crippen LogP contribution in [0.4, 0.5) is 5.69 Å². The van der Waals surface area contributed by atoms with Crippen LogP contribution in [-0.4, -0.2) is 28.7 Å². The predicted octanol–water partition coefficient (Wildman–Crippen LogP) is 5.99. The van der Waals surface area contributed by atoms with Gasteiger partial charge in [-0.15, -0.1) is 0 Å². The molecule has 35 heavy (non-hydrogen) atoms. The minimum Gasteiger partial charge on any atom is -0.496 e. The van der Waals surface area contributed by atoms with Crippen molar-refractivity contribution in [3.05, 3.63) is 103 Å². The van der Waals surface area contributed by atoms with E-state index in [4.69, 9.17) is 27.9 Å². The van der Waals surface area contributed by atoms with Crippen LogP contribution in [0.5, 0.6) is 5.75 Å². The number of hydrogen-bond donors (Lipinski definition) is 1. The van der Waals surface area contributed by atoms with Crippen LogP contribution >= 0.6 is 23.2 Å². The van der Waals surface area contributed by atoms with E-state index in [1.54, 1.807) is 12.3 Å². The summed E-state index contributed by atoms with van der Waals surface area (Å²) in [4.78, 5) is 23.2. The number of hydrazone groups is 1. The number of rotatable bonds is 7. The van der Waals surface area contributed by atoms with Crippen LogP contribution in [0.2, 0.25) is 10.0 Å². The number of carbonyl (C=O) groups is 1. The number of carbonyl (C=O) groups excluding carboxylic acids is 1. The van der Waals surface area contributed by atoms with Gasteiger partial charge in [0.15, 0.2) is 0 Å². The van der Waals surface area contributed by atoms with Gasteiger partial charge in [-0.05, 0) is 36.8 Å². The SMILES string of the molecule is COc1ccc([N+](=O)[O-])cc1C(=O)N/N=C\c1c(C)n(Cc2ccc(Cl)c(Cl)c2)c2ccccc12. The van der Waals surface area contributed by atoms with Crippen molar-refractivity contribution in [3.8, 4) is 5.75 Å². The Morgan fingerprint density at radius 2 is 1.91 bits per heavy atom. The van der Waals surface area contributed by atoms with Gasteiger partial charge in [0.1, 0.15) is 5.75 Å². The van der Waals surface area contributed by atoms with Gasteiger partial charge in [-0.3, -0.25) is 14.9 Å². The monoisotopic (exact) mass is 510 g/mol. The van der Waals surface area contributed by atoms with E-state index in [1.807, 2.05) is 43.3 Å². The van der Waals surface area contributed by atoms with E-state index < -0.39 is 10.8 Å². The molecule has 4 rings (SSSR count). The van der Waals surface area contributed by atoms with Crippen molar-refractivity contribution in [2.75, 3.05) is 7.11 Å². The lowest BCUT2D eigenvalue weighted by molar-refractivity contribution is -0.384. The molecule has 4 aromatic rings. The van der Waals surface area contributed by atoms with Gasteiger partial charge in [0.25, 0.3) is 11.6 Å². The fourth-order valence-corrected chi connectivity index (χ4v) is 4.17. The molecule has 1 heterocycles. The van der Waals surface area contributed by atoms with Crippen molar-refractivity contribution < 1.29 is 14.5 Å². The summed E-state index contributed by atoms with van der Waals surface area (Å²) in [5, 5.41) is 17.1. The Balaban J connectivity index is 1.64. The summed E-state index contributed by atoms with van der Waals surface area (Å²) in [6.07, 6.45) is 1.56. The van der Waals surface area contributed by atoms with E-state index >= 15 is 0 Å². The van der Waals surface area contributed by atoms with E-state index in [0.29, 0.717) is 16.6 Å². The first-order valence-electron chi connectivity index (χ1n) is 10.5. The summed E-state index contributed by atoms with van der Waals surface area (Å²) in [7, 11) is 1.38. The molecular weight excluding hydrogens is 491 g/mol. The van der Waals surface area contributed by atoms with Gasteiger partial charge in [0.2, 0.25) is 0 Å². The lowest BCUT2D eigenvalue weighted by atomic mass is 10.1. The number of benzene rings is 3. The summed E-state index contributed by atoms with van der Waals surface area (Å²) in [6, 6.07) is 17.2. The number of halogens is 2. The van der Waals surface area contributed by atoms with Crippen molar-refractivity contribution in [1.82, 2.24) is 9.99 Å². The van der Waals surface area contributed by atoms with Gasteiger partial charge in [0.05, 0.1) is 33.9 Å². The second kappa shape index (κ2) is 10.2. The number of aromatic nitrogens is 1. The third-order valence-electron chi connectivity index (χ3n) is 5.60. The lowest BCUT2D eigenvalue weighted by Crippen LogP contribution is -2.18. The molecule has 3 aromatic carbocycles. The van der Waals surface area contributed by atoms with Crippen LogP contribution < -0.4 is 10.2 Å². The van der Waals surface area contributed by atoms with Gasteiger partial charge >= 0.3 is 0 Å². The number of ether oxygens (including phenoxy) is 1. The number of methoxy groups -OCH3 is 1. The fourth-order valence-electron chi connectivity index (χ4n) is 3.85. The second-order valence-corrected chi connectivity index (χ2v) is 8.51. The maximum atomic E-state index is 12.7. The van der Waals surface area contributed by atoms with E-state index in [0.717, 1.165) is 33.8 Å². The highest BCUT2D eigenvalue weighted by molar-refractivity contribution is 6.42. The highest BCUT2D eigenvalue weighted by Gasteiger charge is 2.18. The number of hydrogen-bond acceptors (Lipinski definition) is 5. The number of non-ortho nitro benzene ring substituents is 1. The van der Waals surface area contributed by atoms with E-state index in [9.17, 15) is 14.9 Å². The molecule has 0 unspecified atom stereocenters. The van der Waals surface area contributed by atoms with Gasteiger partial charge in [-0.2, -0.15) is 5.10 Å². The highest BCUT2D eigenvalue weighted by Crippen LogP contribution is 2.28. The molecule has 0 bridgehead atoms. The topological polar surface area (TPSA) is 98.8 Å². The zero-order chi connectivity index (χ0) is 25.1. The Kier molecular flexibility index (Phi) is 7.04. The molecule has 0 atom stereocenters. The number of amides is 1. The lowest BCUT2D eigenvalue weighted by Gasteiger charge is -2.09. The smallest absolute Gasteiger partial charge is 0.275 e. The van der Waals surface area contributed by atoms with E-state index in [2.05, 4.69) is 15.1 Å². The first-order chi connectivity index (χ1) is 16.8. The Labute approximate surface area is 210 Å². The second-order valence-electron chi connectivity index (χ2n) is 7.69. The maximum absolute atomic E-state index is 12.7. The Morgan fingerprint density at radius 1 is 1.14 bits per heavy atom. The number of nitro groups is 1. The van der Waals surface area contributed by atoms with Crippen molar-refractivity contribution in [3.63, 3.8) is 0 Å². The molecule has 1 amide bonds. The molecule has 0 aliphatic heterocycles. The largest absolute Gasteiger partial charge is 0.496 e. The summed E-state index contributed by atoms with van der Waals surface area (Å²) in [6.45, 7) is 2.53. The molecule has 8 nitrogen and oxygen atoms in total. The van der Waals surface area contributed by atoms with Crippen molar-refractivity contribution in [2.45, 2.75) is 13.5 Å². The molecule has 0 aliphatic rings. The fraction of sp³-hybridized carbons (Fsp3) is 0.120. The number of nitrogens with zero attached hydrogens (tertiary/aromatic N) is 3. The number of nitrogens with one attached hydrogen (secondary N) is 1. The molecule has 0 saturated carbocycles. The van der Waals surface area contributed by atoms with Crippen LogP contribution in [0.3, 0.4) is 0 Å². The van der Waals surface area contributed by atoms with Crippen LogP contribution in [-0.2, 0) is 6.54 Å². The van der Waals surface area contributed by atoms with Crippen LogP contribution in [0.1, 0.15) is 27.2 Å². The molecule has 178 valence electrons. The third-order valence-corrected chi connectivity index (χ3v) is 6.34. The third kappa shape index (κ3) is 4.99. The zero-order valence-corrected chi connectivity index (χ0v) is 20.3. The highest BCUT2D eigenvalue weighted by atomic mass is 35.5. The quantitative estimate of drug-likeness (QED) is 0.187. The zero-order valence-electron chi connectivity index (χ0n) is 18.8. The summed E-state index contributed by atoms with van der Waals surface area (Å²) < 4.78 is 7.29. The van der Waals surface area contributed by atoms with Crippen molar-refractivity contribution in [2.24, 2.45) is 5.10 Å². The number of nitro benzene ring substituents is 1. The average Bonchev–Trinajstić information content (AvgIpc) is 3.11. The molecule has 0 aliphatic carbocycles.